The molecule has 1 rings (SSSR count). The number of aliphatic hydroxyl groups excluding tert-OH is 1. The fourth-order valence-corrected chi connectivity index (χ4v) is 2.56. The summed E-state index contributed by atoms with van der Waals surface area (Å²) in [6.45, 7) is 7.43. The van der Waals surface area contributed by atoms with Crippen LogP contribution in [-0.2, 0) is 19.1 Å². The maximum absolute atomic E-state index is 11.9. The highest BCUT2D eigenvalue weighted by atomic mass is 16.5. The molecule has 0 saturated heterocycles. The van der Waals surface area contributed by atoms with Crippen LogP contribution in [0.15, 0.2) is 11.6 Å². The van der Waals surface area contributed by atoms with E-state index in [1.807, 2.05) is 13.8 Å². The Balaban J connectivity index is 2.98. The van der Waals surface area contributed by atoms with Crippen LogP contribution in [0.1, 0.15) is 47.0 Å². The lowest BCUT2D eigenvalue weighted by Crippen LogP contribution is -2.53. The van der Waals surface area contributed by atoms with Gasteiger partial charge in [-0.1, -0.05) is 13.8 Å². The Bertz CT molecular complexity index is 417. The Morgan fingerprint density at radius 3 is 2.50 bits per heavy atom. The minimum atomic E-state index is -0.882. The third-order valence-electron chi connectivity index (χ3n) is 3.73. The Morgan fingerprint density at radius 2 is 2.00 bits per heavy atom. The highest BCUT2D eigenvalue weighted by Gasteiger charge is 2.36. The summed E-state index contributed by atoms with van der Waals surface area (Å²) >= 11 is 0. The number of esters is 1. The predicted molar refractivity (Wildman–Crippen MR) is 82.2 cm³/mol. The molecule has 3 unspecified atom stereocenters. The van der Waals surface area contributed by atoms with Gasteiger partial charge < -0.3 is 19.9 Å². The van der Waals surface area contributed by atoms with Gasteiger partial charge in [0.2, 0.25) is 5.91 Å². The second kappa shape index (κ2) is 8.90. The van der Waals surface area contributed by atoms with E-state index in [-0.39, 0.29) is 25.0 Å². The number of carbonyl (C=O) groups excluding carboxylic acids is 2. The van der Waals surface area contributed by atoms with Crippen LogP contribution in [-0.4, -0.2) is 47.9 Å². The van der Waals surface area contributed by atoms with Crippen molar-refractivity contribution in [2.24, 2.45) is 0 Å². The van der Waals surface area contributed by atoms with Crippen LogP contribution >= 0.6 is 0 Å². The summed E-state index contributed by atoms with van der Waals surface area (Å²) in [5.74, 6) is -0.684. The standard InChI is InChI=1S/C16H27NO5/c1-5-12(6-2)22-14-9-11(16(20)21-7-3)8-13(19)15(14)17-10(4)18/h9,12-15,19H,5-8H2,1-4H3,(H,17,18). The van der Waals surface area contributed by atoms with Crippen LogP contribution in [0.4, 0.5) is 0 Å². The second-order valence-electron chi connectivity index (χ2n) is 5.45. The van der Waals surface area contributed by atoms with Crippen molar-refractivity contribution < 1.29 is 24.2 Å². The molecule has 0 heterocycles. The summed E-state index contributed by atoms with van der Waals surface area (Å²) in [5, 5.41) is 13.0. The average Bonchev–Trinajstić information content (AvgIpc) is 2.47. The molecule has 0 saturated carbocycles. The van der Waals surface area contributed by atoms with E-state index in [1.54, 1.807) is 13.0 Å². The molecule has 1 aliphatic carbocycles. The first-order valence-electron chi connectivity index (χ1n) is 7.91. The first kappa shape index (κ1) is 18.6. The quantitative estimate of drug-likeness (QED) is 0.692. The van der Waals surface area contributed by atoms with Gasteiger partial charge in [-0.2, -0.15) is 0 Å². The average molecular weight is 313 g/mol. The van der Waals surface area contributed by atoms with E-state index < -0.39 is 24.2 Å². The Morgan fingerprint density at radius 1 is 1.36 bits per heavy atom. The van der Waals surface area contributed by atoms with Gasteiger partial charge in [0.15, 0.2) is 0 Å². The monoisotopic (exact) mass is 313 g/mol. The van der Waals surface area contributed by atoms with Crippen LogP contribution < -0.4 is 5.32 Å². The molecule has 1 aliphatic rings. The molecule has 1 amide bonds. The molecule has 0 spiro atoms. The van der Waals surface area contributed by atoms with Crippen molar-refractivity contribution in [2.45, 2.75) is 71.3 Å². The second-order valence-corrected chi connectivity index (χ2v) is 5.45. The van der Waals surface area contributed by atoms with E-state index in [0.717, 1.165) is 12.8 Å². The third kappa shape index (κ3) is 5.10. The van der Waals surface area contributed by atoms with Crippen LogP contribution in [0.3, 0.4) is 0 Å². The number of ether oxygens (including phenoxy) is 2. The molecule has 22 heavy (non-hydrogen) atoms. The van der Waals surface area contributed by atoms with Gasteiger partial charge in [-0.25, -0.2) is 4.79 Å². The van der Waals surface area contributed by atoms with Crippen molar-refractivity contribution in [3.63, 3.8) is 0 Å². The number of hydrogen-bond donors (Lipinski definition) is 2. The smallest absolute Gasteiger partial charge is 0.333 e. The van der Waals surface area contributed by atoms with Crippen LogP contribution in [0.5, 0.6) is 0 Å². The number of amides is 1. The van der Waals surface area contributed by atoms with Gasteiger partial charge in [-0.3, -0.25) is 4.79 Å². The number of rotatable bonds is 7. The van der Waals surface area contributed by atoms with E-state index in [0.29, 0.717) is 5.57 Å². The van der Waals surface area contributed by atoms with Crippen LogP contribution in [0.2, 0.25) is 0 Å². The zero-order chi connectivity index (χ0) is 16.7. The van der Waals surface area contributed by atoms with Crippen molar-refractivity contribution >= 4 is 11.9 Å². The van der Waals surface area contributed by atoms with E-state index in [4.69, 9.17) is 9.47 Å². The minimum Gasteiger partial charge on any atom is -0.463 e. The van der Waals surface area contributed by atoms with E-state index >= 15 is 0 Å². The van der Waals surface area contributed by atoms with E-state index in [2.05, 4.69) is 5.32 Å². The molecule has 6 heteroatoms. The van der Waals surface area contributed by atoms with Gasteiger partial charge in [0, 0.05) is 18.9 Å². The van der Waals surface area contributed by atoms with E-state index in [9.17, 15) is 14.7 Å². The molecule has 3 atom stereocenters. The van der Waals surface area contributed by atoms with Gasteiger partial charge >= 0.3 is 5.97 Å². The highest BCUT2D eigenvalue weighted by molar-refractivity contribution is 5.89. The summed E-state index contributed by atoms with van der Waals surface area (Å²) in [6.07, 6.45) is 2.03. The van der Waals surface area contributed by atoms with Crippen LogP contribution in [0.25, 0.3) is 0 Å². The molecule has 0 fully saturated rings. The fourth-order valence-electron chi connectivity index (χ4n) is 2.56. The predicted octanol–water partition coefficient (Wildman–Crippen LogP) is 1.32. The van der Waals surface area contributed by atoms with E-state index in [1.165, 1.54) is 6.92 Å². The van der Waals surface area contributed by atoms with Crippen molar-refractivity contribution in [1.82, 2.24) is 5.32 Å². The Kier molecular flexibility index (Phi) is 7.55. The minimum absolute atomic E-state index is 0.00579. The largest absolute Gasteiger partial charge is 0.463 e. The van der Waals surface area contributed by atoms with Crippen molar-refractivity contribution in [1.29, 1.82) is 0 Å². The zero-order valence-electron chi connectivity index (χ0n) is 13.8. The van der Waals surface area contributed by atoms with Gasteiger partial charge in [0.05, 0.1) is 31.0 Å². The molecule has 0 bridgehead atoms. The molecule has 2 N–H and O–H groups in total. The normalized spacial score (nSPS) is 24.8. The lowest BCUT2D eigenvalue weighted by Gasteiger charge is -2.35. The molecular formula is C16H27NO5. The first-order chi connectivity index (χ1) is 10.4. The SMILES string of the molecule is CCOC(=O)C1=CC(OC(CC)CC)C(NC(C)=O)C(O)C1. The number of hydrogen-bond acceptors (Lipinski definition) is 5. The lowest BCUT2D eigenvalue weighted by atomic mass is 9.89. The molecule has 0 aromatic heterocycles. The van der Waals surface area contributed by atoms with Gasteiger partial charge in [0.1, 0.15) is 0 Å². The summed E-state index contributed by atoms with van der Waals surface area (Å²) in [6, 6.07) is -0.559. The third-order valence-corrected chi connectivity index (χ3v) is 3.73. The summed E-state index contributed by atoms with van der Waals surface area (Å²) in [4.78, 5) is 23.3. The van der Waals surface area contributed by atoms with Gasteiger partial charge in [-0.05, 0) is 25.8 Å². The Hall–Kier alpha value is -1.40. The van der Waals surface area contributed by atoms with Crippen molar-refractivity contribution in [2.75, 3.05) is 6.61 Å². The molecule has 0 aromatic rings. The number of aliphatic hydroxyl groups is 1. The summed E-state index contributed by atoms with van der Waals surface area (Å²) in [7, 11) is 0. The molecule has 6 nitrogen and oxygen atoms in total. The molecule has 0 radical (unpaired) electrons. The fraction of sp³-hybridized carbons (Fsp3) is 0.750. The topological polar surface area (TPSA) is 84.9 Å². The Labute approximate surface area is 131 Å². The lowest BCUT2D eigenvalue weighted by molar-refractivity contribution is -0.139. The zero-order valence-corrected chi connectivity index (χ0v) is 13.8. The molecule has 126 valence electrons. The summed E-state index contributed by atoms with van der Waals surface area (Å²) < 4.78 is 11.0. The highest BCUT2D eigenvalue weighted by Crippen LogP contribution is 2.25. The maximum atomic E-state index is 11.9. The number of nitrogens with one attached hydrogen (secondary N) is 1. The molecule has 0 aliphatic heterocycles. The van der Waals surface area contributed by atoms with Crippen LogP contribution in [0, 0.1) is 0 Å². The van der Waals surface area contributed by atoms with Gasteiger partial charge in [-0.15, -0.1) is 0 Å². The molecular weight excluding hydrogens is 286 g/mol. The molecule has 0 aromatic carbocycles. The van der Waals surface area contributed by atoms with Crippen molar-refractivity contribution in [3.8, 4) is 0 Å². The summed E-state index contributed by atoms with van der Waals surface area (Å²) in [5.41, 5.74) is 0.395. The number of carbonyl (C=O) groups is 2. The van der Waals surface area contributed by atoms with Crippen molar-refractivity contribution in [3.05, 3.63) is 11.6 Å². The van der Waals surface area contributed by atoms with Gasteiger partial charge in [0.25, 0.3) is 0 Å². The first-order valence-corrected chi connectivity index (χ1v) is 7.91. The maximum Gasteiger partial charge on any atom is 0.333 e.